The lowest BCUT2D eigenvalue weighted by Gasteiger charge is -2.14. The number of hydrogen-bond acceptors (Lipinski definition) is 4. The lowest BCUT2D eigenvalue weighted by molar-refractivity contribution is 0.669. The molecule has 0 aliphatic carbocycles. The summed E-state index contributed by atoms with van der Waals surface area (Å²) in [4.78, 5) is 15.5. The lowest BCUT2D eigenvalue weighted by atomic mass is 9.93. The summed E-state index contributed by atoms with van der Waals surface area (Å²) < 4.78 is 6.38. The highest BCUT2D eigenvalue weighted by Gasteiger charge is 2.19. The maximum absolute atomic E-state index is 6.38. The fourth-order valence-corrected chi connectivity index (χ4v) is 7.95. The Morgan fingerprint density at radius 1 is 0.321 bits per heavy atom. The fourth-order valence-electron chi connectivity index (χ4n) is 7.95. The highest BCUT2D eigenvalue weighted by molar-refractivity contribution is 6.19. The number of benzene rings is 9. The summed E-state index contributed by atoms with van der Waals surface area (Å²) in [7, 11) is 0. The second kappa shape index (κ2) is 11.7. The van der Waals surface area contributed by atoms with Crippen LogP contribution in [-0.2, 0) is 0 Å². The smallest absolute Gasteiger partial charge is 0.165 e. The molecule has 0 saturated heterocycles. The summed E-state index contributed by atoms with van der Waals surface area (Å²) in [6.07, 6.45) is 0. The third-order valence-electron chi connectivity index (χ3n) is 10.5. The molecule has 0 fully saturated rings. The first-order chi connectivity index (χ1) is 26.2. The van der Waals surface area contributed by atoms with Gasteiger partial charge in [-0.25, -0.2) is 15.0 Å². The summed E-state index contributed by atoms with van der Waals surface area (Å²) in [6, 6.07) is 61.6. The van der Waals surface area contributed by atoms with Crippen LogP contribution in [-0.4, -0.2) is 15.0 Å². The van der Waals surface area contributed by atoms with Crippen LogP contribution in [0.25, 0.3) is 110 Å². The van der Waals surface area contributed by atoms with E-state index in [0.29, 0.717) is 17.5 Å². The summed E-state index contributed by atoms with van der Waals surface area (Å²) in [6.45, 7) is 0. The van der Waals surface area contributed by atoms with E-state index in [1.165, 1.54) is 26.9 Å². The number of fused-ring (bicyclic) bond motifs is 8. The van der Waals surface area contributed by atoms with Crippen molar-refractivity contribution in [2.75, 3.05) is 0 Å². The number of aromatic nitrogens is 3. The molecule has 11 rings (SSSR count). The molecule has 0 aliphatic rings. The Morgan fingerprint density at radius 2 is 0.925 bits per heavy atom. The maximum Gasteiger partial charge on any atom is 0.165 e. The molecule has 9 aromatic carbocycles. The van der Waals surface area contributed by atoms with Gasteiger partial charge in [-0.1, -0.05) is 152 Å². The Morgan fingerprint density at radius 3 is 1.72 bits per heavy atom. The van der Waals surface area contributed by atoms with Crippen LogP contribution in [0.1, 0.15) is 0 Å². The molecule has 2 aromatic heterocycles. The highest BCUT2D eigenvalue weighted by Crippen LogP contribution is 2.41. The minimum atomic E-state index is 0.626. The van der Waals surface area contributed by atoms with Crippen molar-refractivity contribution in [1.29, 1.82) is 0 Å². The summed E-state index contributed by atoms with van der Waals surface area (Å²) in [5.74, 6) is 1.91. The molecule has 0 unspecified atom stereocenters. The molecular formula is C49H29N3O. The topological polar surface area (TPSA) is 51.8 Å². The van der Waals surface area contributed by atoms with E-state index in [1.54, 1.807) is 0 Å². The van der Waals surface area contributed by atoms with Crippen LogP contribution in [0.5, 0.6) is 0 Å². The minimum Gasteiger partial charge on any atom is -0.456 e. The zero-order valence-corrected chi connectivity index (χ0v) is 28.5. The van der Waals surface area contributed by atoms with E-state index < -0.39 is 0 Å². The second-order valence-corrected chi connectivity index (χ2v) is 13.6. The van der Waals surface area contributed by atoms with Crippen LogP contribution >= 0.6 is 0 Å². The SMILES string of the molecule is c1ccc(-c2nc(-c3ccc(-c4cccc5oc6cc7ccccc7cc6c45)cc3)nc(-c3c4ccccc4cc4c3ccc3ccccc34)n2)cc1. The average Bonchev–Trinajstić information content (AvgIpc) is 3.59. The second-order valence-electron chi connectivity index (χ2n) is 13.6. The molecular weight excluding hydrogens is 647 g/mol. The molecule has 4 heteroatoms. The maximum atomic E-state index is 6.38. The first-order valence-corrected chi connectivity index (χ1v) is 17.9. The van der Waals surface area contributed by atoms with Crippen molar-refractivity contribution in [3.63, 3.8) is 0 Å². The first-order valence-electron chi connectivity index (χ1n) is 17.9. The van der Waals surface area contributed by atoms with Gasteiger partial charge in [0.15, 0.2) is 17.5 Å². The average molecular weight is 676 g/mol. The largest absolute Gasteiger partial charge is 0.456 e. The van der Waals surface area contributed by atoms with Crippen LogP contribution < -0.4 is 0 Å². The van der Waals surface area contributed by atoms with Gasteiger partial charge in [0.05, 0.1) is 0 Å². The van der Waals surface area contributed by atoms with Gasteiger partial charge >= 0.3 is 0 Å². The van der Waals surface area contributed by atoms with Crippen LogP contribution in [0.15, 0.2) is 180 Å². The molecule has 246 valence electrons. The molecule has 4 nitrogen and oxygen atoms in total. The van der Waals surface area contributed by atoms with Crippen molar-refractivity contribution in [3.8, 4) is 45.3 Å². The summed E-state index contributed by atoms with van der Waals surface area (Å²) >= 11 is 0. The van der Waals surface area contributed by atoms with E-state index in [4.69, 9.17) is 19.4 Å². The molecule has 0 amide bonds. The number of hydrogen-bond donors (Lipinski definition) is 0. The van der Waals surface area contributed by atoms with Gasteiger partial charge in [0.25, 0.3) is 0 Å². The molecule has 0 aliphatic heterocycles. The molecule has 0 saturated carbocycles. The van der Waals surface area contributed by atoms with Gasteiger partial charge in [-0.3, -0.25) is 0 Å². The summed E-state index contributed by atoms with van der Waals surface area (Å²) in [5, 5.41) is 11.5. The first kappa shape index (κ1) is 29.5. The van der Waals surface area contributed by atoms with Crippen molar-refractivity contribution in [2.45, 2.75) is 0 Å². The molecule has 53 heavy (non-hydrogen) atoms. The molecule has 11 aromatic rings. The Balaban J connectivity index is 1.10. The zero-order chi connectivity index (χ0) is 34.9. The van der Waals surface area contributed by atoms with Crippen LogP contribution in [0.4, 0.5) is 0 Å². The van der Waals surface area contributed by atoms with Crippen molar-refractivity contribution in [1.82, 2.24) is 15.0 Å². The predicted molar refractivity (Wildman–Crippen MR) is 219 cm³/mol. The summed E-state index contributed by atoms with van der Waals surface area (Å²) in [5.41, 5.74) is 6.85. The van der Waals surface area contributed by atoms with Crippen molar-refractivity contribution < 1.29 is 4.42 Å². The standard InChI is InChI=1S/C49H29N3O/c1-2-12-32(13-3-1)47-50-48(52-49(51-47)46-39-18-9-7-16-36(39)28-41-37-17-8-6-11-30(37)25-26-40(41)46)33-23-21-31(22-24-33)38-19-10-20-43-45(38)42-27-34-14-4-5-15-35(34)29-44(42)53-43/h1-29H. The Kier molecular flexibility index (Phi) is 6.52. The third-order valence-corrected chi connectivity index (χ3v) is 10.5. The van der Waals surface area contributed by atoms with E-state index in [1.807, 2.05) is 18.2 Å². The van der Waals surface area contributed by atoms with Crippen molar-refractivity contribution in [2.24, 2.45) is 0 Å². The van der Waals surface area contributed by atoms with E-state index in [2.05, 4.69) is 158 Å². The zero-order valence-electron chi connectivity index (χ0n) is 28.5. The molecule has 2 heterocycles. The van der Waals surface area contributed by atoms with Crippen LogP contribution in [0, 0.1) is 0 Å². The fraction of sp³-hybridized carbons (Fsp3) is 0. The quantitative estimate of drug-likeness (QED) is 0.138. The van der Waals surface area contributed by atoms with Gasteiger partial charge in [0.2, 0.25) is 0 Å². The lowest BCUT2D eigenvalue weighted by Crippen LogP contribution is -2.01. The Bertz CT molecular complexity index is 3220. The van der Waals surface area contributed by atoms with E-state index in [0.717, 1.165) is 65.9 Å². The van der Waals surface area contributed by atoms with Crippen molar-refractivity contribution >= 4 is 65.0 Å². The van der Waals surface area contributed by atoms with E-state index in [-0.39, 0.29) is 0 Å². The molecule has 0 radical (unpaired) electrons. The minimum absolute atomic E-state index is 0.626. The van der Waals surface area contributed by atoms with E-state index >= 15 is 0 Å². The van der Waals surface area contributed by atoms with Gasteiger partial charge in [0, 0.05) is 27.5 Å². The van der Waals surface area contributed by atoms with Gasteiger partial charge < -0.3 is 4.42 Å². The molecule has 0 spiro atoms. The van der Waals surface area contributed by atoms with Gasteiger partial charge in [-0.15, -0.1) is 0 Å². The number of furan rings is 1. The van der Waals surface area contributed by atoms with Crippen LogP contribution in [0.3, 0.4) is 0 Å². The molecule has 0 N–H and O–H groups in total. The predicted octanol–water partition coefficient (Wildman–Crippen LogP) is 13.1. The Hall–Kier alpha value is -7.17. The molecule has 0 bridgehead atoms. The number of nitrogens with zero attached hydrogens (tertiary/aromatic N) is 3. The van der Waals surface area contributed by atoms with Crippen LogP contribution in [0.2, 0.25) is 0 Å². The van der Waals surface area contributed by atoms with Crippen molar-refractivity contribution in [3.05, 3.63) is 176 Å². The van der Waals surface area contributed by atoms with Gasteiger partial charge in [-0.2, -0.15) is 0 Å². The van der Waals surface area contributed by atoms with Gasteiger partial charge in [-0.05, 0) is 78.5 Å². The highest BCUT2D eigenvalue weighted by atomic mass is 16.3. The number of rotatable bonds is 4. The Labute approximate surface area is 304 Å². The van der Waals surface area contributed by atoms with E-state index in [9.17, 15) is 0 Å². The normalized spacial score (nSPS) is 11.8. The van der Waals surface area contributed by atoms with Gasteiger partial charge in [0.1, 0.15) is 11.2 Å². The third kappa shape index (κ3) is 4.80. The monoisotopic (exact) mass is 675 g/mol. The molecule has 0 atom stereocenters.